The van der Waals surface area contributed by atoms with Crippen molar-refractivity contribution in [2.24, 2.45) is 0 Å². The van der Waals surface area contributed by atoms with E-state index in [2.05, 4.69) is 39.0 Å². The number of benzene rings is 2. The number of aromatic hydroxyl groups is 1. The first-order chi connectivity index (χ1) is 9.74. The van der Waals surface area contributed by atoms with Crippen molar-refractivity contribution in [2.45, 2.75) is 19.4 Å². The fraction of sp³-hybridized carbons (Fsp3) is 0.294. The van der Waals surface area contributed by atoms with E-state index in [0.29, 0.717) is 5.75 Å². The Balaban J connectivity index is 1.94. The molecule has 1 heterocycles. The third-order valence-electron chi connectivity index (χ3n) is 3.84. The van der Waals surface area contributed by atoms with Crippen molar-refractivity contribution in [2.75, 3.05) is 13.1 Å². The lowest BCUT2D eigenvalue weighted by Gasteiger charge is -2.17. The van der Waals surface area contributed by atoms with E-state index in [0.717, 1.165) is 35.2 Å². The molecule has 1 saturated heterocycles. The van der Waals surface area contributed by atoms with Crippen molar-refractivity contribution in [3.05, 3.63) is 52.5 Å². The van der Waals surface area contributed by atoms with Crippen molar-refractivity contribution < 1.29 is 5.11 Å². The van der Waals surface area contributed by atoms with Crippen LogP contribution in [0.5, 0.6) is 5.75 Å². The number of hydrogen-bond donors (Lipinski definition) is 1. The van der Waals surface area contributed by atoms with Crippen LogP contribution in [0.25, 0.3) is 11.1 Å². The summed E-state index contributed by atoms with van der Waals surface area (Å²) in [5, 5.41) is 10.3. The quantitative estimate of drug-likeness (QED) is 0.899. The second kappa shape index (κ2) is 5.98. The molecule has 0 spiro atoms. The van der Waals surface area contributed by atoms with Gasteiger partial charge in [0.2, 0.25) is 0 Å². The number of nitrogens with zero attached hydrogens (tertiary/aromatic N) is 1. The van der Waals surface area contributed by atoms with Crippen LogP contribution in [0.4, 0.5) is 0 Å². The highest BCUT2D eigenvalue weighted by atomic mass is 79.9. The van der Waals surface area contributed by atoms with Gasteiger partial charge in [-0.15, -0.1) is 0 Å². The Morgan fingerprint density at radius 1 is 1.00 bits per heavy atom. The van der Waals surface area contributed by atoms with E-state index in [9.17, 15) is 5.11 Å². The number of phenols is 1. The second-order valence-corrected chi connectivity index (χ2v) is 6.17. The number of hydrogen-bond acceptors (Lipinski definition) is 2. The fourth-order valence-electron chi connectivity index (χ4n) is 2.76. The van der Waals surface area contributed by atoms with E-state index in [1.807, 2.05) is 24.3 Å². The Morgan fingerprint density at radius 2 is 1.70 bits per heavy atom. The molecule has 1 N–H and O–H groups in total. The summed E-state index contributed by atoms with van der Waals surface area (Å²) in [6.07, 6.45) is 2.53. The van der Waals surface area contributed by atoms with Crippen LogP contribution in [0.3, 0.4) is 0 Å². The minimum Gasteiger partial charge on any atom is -0.506 e. The maximum Gasteiger partial charge on any atom is 0.134 e. The summed E-state index contributed by atoms with van der Waals surface area (Å²) < 4.78 is 0.771. The lowest BCUT2D eigenvalue weighted by Crippen LogP contribution is -2.18. The number of phenolic OH excluding ortho intramolecular Hbond substituents is 1. The van der Waals surface area contributed by atoms with Crippen molar-refractivity contribution >= 4 is 15.9 Å². The predicted octanol–water partition coefficient (Wildman–Crippen LogP) is 4.42. The normalized spacial score (nSPS) is 15.7. The van der Waals surface area contributed by atoms with Gasteiger partial charge in [-0.25, -0.2) is 0 Å². The second-order valence-electron chi connectivity index (χ2n) is 5.32. The van der Waals surface area contributed by atoms with Gasteiger partial charge >= 0.3 is 0 Å². The third kappa shape index (κ3) is 2.89. The molecular weight excluding hydrogens is 314 g/mol. The lowest BCUT2D eigenvalue weighted by molar-refractivity contribution is 0.324. The molecule has 2 nitrogen and oxygen atoms in total. The van der Waals surface area contributed by atoms with Crippen LogP contribution < -0.4 is 0 Å². The summed E-state index contributed by atoms with van der Waals surface area (Å²) in [4.78, 5) is 2.40. The molecule has 0 aromatic heterocycles. The minimum absolute atomic E-state index is 0.372. The monoisotopic (exact) mass is 331 g/mol. The Kier molecular flexibility index (Phi) is 4.08. The van der Waals surface area contributed by atoms with Crippen LogP contribution in [-0.2, 0) is 6.54 Å². The molecule has 2 aromatic rings. The minimum atomic E-state index is 0.372. The zero-order chi connectivity index (χ0) is 13.9. The van der Waals surface area contributed by atoms with Crippen LogP contribution in [0, 0.1) is 0 Å². The van der Waals surface area contributed by atoms with Gasteiger partial charge in [0.05, 0.1) is 4.47 Å². The van der Waals surface area contributed by atoms with Crippen molar-refractivity contribution in [3.63, 3.8) is 0 Å². The van der Waals surface area contributed by atoms with Crippen LogP contribution >= 0.6 is 15.9 Å². The van der Waals surface area contributed by atoms with E-state index in [1.165, 1.54) is 18.4 Å². The van der Waals surface area contributed by atoms with Gasteiger partial charge in [-0.3, -0.25) is 4.90 Å². The Labute approximate surface area is 128 Å². The summed E-state index contributed by atoms with van der Waals surface area (Å²) >= 11 is 3.48. The van der Waals surface area contributed by atoms with Crippen molar-refractivity contribution in [1.82, 2.24) is 4.90 Å². The lowest BCUT2D eigenvalue weighted by atomic mass is 10.0. The molecular formula is C17H18BrNO. The molecule has 0 amide bonds. The Morgan fingerprint density at radius 3 is 2.40 bits per heavy atom. The molecule has 20 heavy (non-hydrogen) atoms. The number of rotatable bonds is 3. The first-order valence-corrected chi connectivity index (χ1v) is 7.82. The first-order valence-electron chi connectivity index (χ1n) is 7.03. The maximum atomic E-state index is 10.3. The van der Waals surface area contributed by atoms with E-state index >= 15 is 0 Å². The molecule has 3 heteroatoms. The van der Waals surface area contributed by atoms with Gasteiger partial charge in [0, 0.05) is 12.1 Å². The Bertz CT molecular complexity index is 591. The molecule has 104 valence electrons. The largest absolute Gasteiger partial charge is 0.506 e. The first kappa shape index (κ1) is 13.7. The van der Waals surface area contributed by atoms with Gasteiger partial charge in [-0.2, -0.15) is 0 Å². The van der Waals surface area contributed by atoms with Gasteiger partial charge < -0.3 is 5.11 Å². The molecule has 0 aliphatic carbocycles. The molecule has 0 bridgehead atoms. The van der Waals surface area contributed by atoms with Gasteiger partial charge in [0.1, 0.15) is 5.75 Å². The van der Waals surface area contributed by atoms with Crippen molar-refractivity contribution in [1.29, 1.82) is 0 Å². The molecule has 2 aromatic carbocycles. The van der Waals surface area contributed by atoms with Crippen LogP contribution in [0.15, 0.2) is 46.9 Å². The SMILES string of the molecule is Oc1c(Br)cc(-c2ccccc2)cc1CN1CCCC1. The molecule has 0 unspecified atom stereocenters. The Hall–Kier alpha value is -1.32. The van der Waals surface area contributed by atoms with Crippen LogP contribution in [0.2, 0.25) is 0 Å². The highest BCUT2D eigenvalue weighted by molar-refractivity contribution is 9.10. The molecule has 3 rings (SSSR count). The molecule has 1 aliphatic heterocycles. The average molecular weight is 332 g/mol. The third-order valence-corrected chi connectivity index (χ3v) is 4.45. The topological polar surface area (TPSA) is 23.5 Å². The molecule has 1 fully saturated rings. The highest BCUT2D eigenvalue weighted by Crippen LogP contribution is 2.34. The van der Waals surface area contributed by atoms with E-state index in [1.54, 1.807) is 0 Å². The van der Waals surface area contributed by atoms with Crippen LogP contribution in [0.1, 0.15) is 18.4 Å². The predicted molar refractivity (Wildman–Crippen MR) is 85.8 cm³/mol. The standard InChI is InChI=1S/C17H18BrNO/c18-16-11-14(13-6-2-1-3-7-13)10-15(17(16)20)12-19-8-4-5-9-19/h1-3,6-7,10-11,20H,4-5,8-9,12H2. The van der Waals surface area contributed by atoms with Gasteiger partial charge in [0.15, 0.2) is 0 Å². The average Bonchev–Trinajstić information content (AvgIpc) is 2.97. The summed E-state index contributed by atoms with van der Waals surface area (Å²) in [5.74, 6) is 0.372. The molecule has 0 saturated carbocycles. The fourth-order valence-corrected chi connectivity index (χ4v) is 3.26. The number of halogens is 1. The van der Waals surface area contributed by atoms with Gasteiger partial charge in [-0.1, -0.05) is 30.3 Å². The summed E-state index contributed by atoms with van der Waals surface area (Å²) in [7, 11) is 0. The molecule has 0 atom stereocenters. The highest BCUT2D eigenvalue weighted by Gasteiger charge is 2.16. The van der Waals surface area contributed by atoms with Gasteiger partial charge in [0.25, 0.3) is 0 Å². The van der Waals surface area contributed by atoms with Crippen molar-refractivity contribution in [3.8, 4) is 16.9 Å². The summed E-state index contributed by atoms with van der Waals surface area (Å²) in [6.45, 7) is 3.09. The van der Waals surface area contributed by atoms with E-state index in [-0.39, 0.29) is 0 Å². The summed E-state index contributed by atoms with van der Waals surface area (Å²) in [5.41, 5.74) is 3.32. The zero-order valence-corrected chi connectivity index (χ0v) is 12.9. The maximum absolute atomic E-state index is 10.3. The molecule has 1 aliphatic rings. The van der Waals surface area contributed by atoms with Gasteiger partial charge in [-0.05, 0) is 65.1 Å². The number of likely N-dealkylation sites (tertiary alicyclic amines) is 1. The zero-order valence-electron chi connectivity index (χ0n) is 11.3. The van der Waals surface area contributed by atoms with E-state index < -0.39 is 0 Å². The summed E-state index contributed by atoms with van der Waals surface area (Å²) in [6, 6.07) is 14.4. The molecule has 0 radical (unpaired) electrons. The van der Waals surface area contributed by atoms with E-state index in [4.69, 9.17) is 0 Å². The van der Waals surface area contributed by atoms with Crippen LogP contribution in [-0.4, -0.2) is 23.1 Å². The smallest absolute Gasteiger partial charge is 0.134 e.